The van der Waals surface area contributed by atoms with E-state index >= 15 is 0 Å². The largest absolute Gasteiger partial charge is 0.480 e. The number of carboxylic acids is 1. The number of rotatable bonds is 5. The third-order valence-electron chi connectivity index (χ3n) is 2.12. The molecule has 1 aromatic carbocycles. The molecule has 5 heteroatoms. The number of benzene rings is 1. The van der Waals surface area contributed by atoms with Gasteiger partial charge >= 0.3 is 5.97 Å². The van der Waals surface area contributed by atoms with E-state index in [1.165, 1.54) is 0 Å². The minimum atomic E-state index is -0.950. The first-order valence-electron chi connectivity index (χ1n) is 4.40. The molecule has 1 rings (SSSR count). The number of hydrogen-bond donors (Lipinski definition) is 2. The highest BCUT2D eigenvalue weighted by Crippen LogP contribution is 2.14. The van der Waals surface area contributed by atoms with Crippen molar-refractivity contribution >= 4 is 33.7 Å². The maximum Gasteiger partial charge on any atom is 0.322 e. The lowest BCUT2D eigenvalue weighted by Gasteiger charge is -2.12. The monoisotopic (exact) mass is 291 g/mol. The Morgan fingerprint density at radius 1 is 1.47 bits per heavy atom. The third-order valence-corrected chi connectivity index (χ3v) is 2.98. The van der Waals surface area contributed by atoms with Gasteiger partial charge in [0.15, 0.2) is 0 Å². The molecule has 0 saturated heterocycles. The van der Waals surface area contributed by atoms with Gasteiger partial charge in [-0.15, -0.1) is 0 Å². The van der Waals surface area contributed by atoms with Gasteiger partial charge in [-0.1, -0.05) is 40.2 Å². The molecule has 0 spiro atoms. The summed E-state index contributed by atoms with van der Waals surface area (Å²) in [6, 6.07) is 6.91. The Morgan fingerprint density at radius 3 is 2.53 bits per heavy atom. The normalized spacial score (nSPS) is 12.4. The molecule has 0 amide bonds. The molecule has 0 aliphatic rings. The molecule has 82 valence electrons. The number of aliphatic carboxylic acids is 1. The SMILES string of the molecule is O=C(O)[C@H](Cc1ccccc1CBr)NCl. The average molecular weight is 293 g/mol. The molecule has 0 heterocycles. The van der Waals surface area contributed by atoms with Gasteiger partial charge in [0, 0.05) is 5.33 Å². The molecule has 0 bridgehead atoms. The predicted octanol–water partition coefficient (Wildman–Crippen LogP) is 2.32. The molecule has 0 aliphatic heterocycles. The summed E-state index contributed by atoms with van der Waals surface area (Å²) in [6.07, 6.45) is 0.376. The van der Waals surface area contributed by atoms with Crippen molar-refractivity contribution in [1.29, 1.82) is 0 Å². The van der Waals surface area contributed by atoms with E-state index in [2.05, 4.69) is 20.8 Å². The molecule has 0 aromatic heterocycles. The topological polar surface area (TPSA) is 49.3 Å². The van der Waals surface area contributed by atoms with Gasteiger partial charge in [0.25, 0.3) is 0 Å². The van der Waals surface area contributed by atoms with E-state index in [1.54, 1.807) is 0 Å². The van der Waals surface area contributed by atoms with Crippen molar-refractivity contribution in [2.24, 2.45) is 0 Å². The van der Waals surface area contributed by atoms with Crippen molar-refractivity contribution in [3.05, 3.63) is 35.4 Å². The van der Waals surface area contributed by atoms with Crippen LogP contribution in [0.1, 0.15) is 11.1 Å². The van der Waals surface area contributed by atoms with E-state index in [0.717, 1.165) is 11.1 Å². The van der Waals surface area contributed by atoms with Crippen LogP contribution < -0.4 is 4.84 Å². The summed E-state index contributed by atoms with van der Waals surface area (Å²) >= 11 is 8.72. The Morgan fingerprint density at radius 2 is 2.07 bits per heavy atom. The van der Waals surface area contributed by atoms with Crippen molar-refractivity contribution in [2.75, 3.05) is 0 Å². The Balaban J connectivity index is 2.82. The van der Waals surface area contributed by atoms with Gasteiger partial charge in [0.1, 0.15) is 6.04 Å². The Labute approximate surface area is 102 Å². The van der Waals surface area contributed by atoms with Crippen LogP contribution in [0, 0.1) is 0 Å². The lowest BCUT2D eigenvalue weighted by Crippen LogP contribution is -2.32. The number of hydrogen-bond acceptors (Lipinski definition) is 2. The zero-order valence-electron chi connectivity index (χ0n) is 7.91. The van der Waals surface area contributed by atoms with Crippen molar-refractivity contribution in [1.82, 2.24) is 4.84 Å². The highest BCUT2D eigenvalue weighted by atomic mass is 79.9. The minimum Gasteiger partial charge on any atom is -0.480 e. The van der Waals surface area contributed by atoms with Gasteiger partial charge in [0.2, 0.25) is 0 Å². The second-order valence-electron chi connectivity index (χ2n) is 3.11. The van der Waals surface area contributed by atoms with Crippen LogP contribution in [0.5, 0.6) is 0 Å². The van der Waals surface area contributed by atoms with Crippen LogP contribution >= 0.6 is 27.7 Å². The number of halogens is 2. The molecule has 1 atom stereocenters. The molecular weight excluding hydrogens is 281 g/mol. The van der Waals surface area contributed by atoms with Gasteiger partial charge < -0.3 is 5.11 Å². The van der Waals surface area contributed by atoms with Crippen LogP contribution in [0.4, 0.5) is 0 Å². The molecule has 2 N–H and O–H groups in total. The fourth-order valence-corrected chi connectivity index (χ4v) is 2.00. The number of carboxylic acid groups (broad SMARTS) is 1. The Bertz CT molecular complexity index is 346. The van der Waals surface area contributed by atoms with Gasteiger partial charge in [-0.2, -0.15) is 0 Å². The molecular formula is C10H11BrClNO2. The lowest BCUT2D eigenvalue weighted by molar-refractivity contribution is -0.138. The first kappa shape index (κ1) is 12.5. The molecule has 0 unspecified atom stereocenters. The molecule has 0 radical (unpaired) electrons. The smallest absolute Gasteiger partial charge is 0.322 e. The molecule has 0 fully saturated rings. The second-order valence-corrected chi connectivity index (χ2v) is 3.89. The first-order valence-corrected chi connectivity index (χ1v) is 5.90. The maximum absolute atomic E-state index is 10.8. The van der Waals surface area contributed by atoms with Crippen LogP contribution in [0.25, 0.3) is 0 Å². The van der Waals surface area contributed by atoms with Crippen LogP contribution in [0.3, 0.4) is 0 Å². The molecule has 1 aromatic rings. The summed E-state index contributed by atoms with van der Waals surface area (Å²) in [5, 5.41) is 9.55. The summed E-state index contributed by atoms with van der Waals surface area (Å²) in [4.78, 5) is 13.0. The lowest BCUT2D eigenvalue weighted by atomic mass is 10.0. The van der Waals surface area contributed by atoms with Gasteiger partial charge in [-0.25, -0.2) is 4.84 Å². The molecule has 15 heavy (non-hydrogen) atoms. The van der Waals surface area contributed by atoms with E-state index < -0.39 is 12.0 Å². The van der Waals surface area contributed by atoms with Crippen molar-refractivity contribution in [3.63, 3.8) is 0 Å². The van der Waals surface area contributed by atoms with Crippen molar-refractivity contribution in [2.45, 2.75) is 17.8 Å². The van der Waals surface area contributed by atoms with Gasteiger partial charge in [-0.3, -0.25) is 4.79 Å². The quantitative estimate of drug-likeness (QED) is 0.647. The Hall–Kier alpha value is -0.580. The van der Waals surface area contributed by atoms with Crippen molar-refractivity contribution in [3.8, 4) is 0 Å². The summed E-state index contributed by atoms with van der Waals surface area (Å²) in [6.45, 7) is 0. The van der Waals surface area contributed by atoms with Gasteiger partial charge in [0.05, 0.1) is 0 Å². The first-order chi connectivity index (χ1) is 7.19. The van der Waals surface area contributed by atoms with Gasteiger partial charge in [-0.05, 0) is 29.3 Å². The fourth-order valence-electron chi connectivity index (χ4n) is 1.28. The molecule has 0 saturated carbocycles. The molecule has 3 nitrogen and oxygen atoms in total. The van der Waals surface area contributed by atoms with Crippen LogP contribution in [-0.2, 0) is 16.5 Å². The fraction of sp³-hybridized carbons (Fsp3) is 0.300. The minimum absolute atomic E-state index is 0.376. The van der Waals surface area contributed by atoms with Crippen LogP contribution in [-0.4, -0.2) is 17.1 Å². The third kappa shape index (κ3) is 3.48. The highest BCUT2D eigenvalue weighted by molar-refractivity contribution is 9.08. The van der Waals surface area contributed by atoms with Crippen LogP contribution in [0.2, 0.25) is 0 Å². The zero-order valence-corrected chi connectivity index (χ0v) is 10.3. The van der Waals surface area contributed by atoms with Crippen molar-refractivity contribution < 1.29 is 9.90 Å². The van der Waals surface area contributed by atoms with E-state index in [-0.39, 0.29) is 0 Å². The van der Waals surface area contributed by atoms with E-state index in [1.807, 2.05) is 24.3 Å². The highest BCUT2D eigenvalue weighted by Gasteiger charge is 2.17. The molecule has 0 aliphatic carbocycles. The standard InChI is InChI=1S/C10H11BrClNO2/c11-6-8-4-2-1-3-7(8)5-9(13-12)10(14)15/h1-4,9,13H,5-6H2,(H,14,15)/t9-/m0/s1. The number of carbonyl (C=O) groups is 1. The predicted molar refractivity (Wildman–Crippen MR) is 63.2 cm³/mol. The Kier molecular flexibility index (Phi) is 5.08. The summed E-state index contributed by atoms with van der Waals surface area (Å²) < 4.78 is 0. The summed E-state index contributed by atoms with van der Waals surface area (Å²) in [5.41, 5.74) is 2.06. The zero-order chi connectivity index (χ0) is 11.3. The van der Waals surface area contributed by atoms with E-state index in [4.69, 9.17) is 16.9 Å². The number of alkyl halides is 1. The average Bonchev–Trinajstić information content (AvgIpc) is 2.25. The summed E-state index contributed by atoms with van der Waals surface area (Å²) in [5.74, 6) is -0.950. The summed E-state index contributed by atoms with van der Waals surface area (Å²) in [7, 11) is 0. The maximum atomic E-state index is 10.8. The van der Waals surface area contributed by atoms with E-state index in [0.29, 0.717) is 11.8 Å². The number of nitrogens with one attached hydrogen (secondary N) is 1. The van der Waals surface area contributed by atoms with E-state index in [9.17, 15) is 4.79 Å². The second kappa shape index (κ2) is 6.10. The van der Waals surface area contributed by atoms with Crippen LogP contribution in [0.15, 0.2) is 24.3 Å².